The lowest BCUT2D eigenvalue weighted by Crippen LogP contribution is -2.02. The van der Waals surface area contributed by atoms with Crippen molar-refractivity contribution >= 4 is 43.9 Å². The maximum atomic E-state index is 4.80. The van der Waals surface area contributed by atoms with Crippen LogP contribution in [0.3, 0.4) is 0 Å². The molecule has 8 rings (SSSR count). The number of allylic oxidation sites excluding steroid dienone is 8. The van der Waals surface area contributed by atoms with Crippen LogP contribution < -0.4 is 0 Å². The maximum Gasteiger partial charge on any atom is 0.155 e. The van der Waals surface area contributed by atoms with Crippen LogP contribution in [0.15, 0.2) is 139 Å². The first-order valence-electron chi connectivity index (χ1n) is 14.4. The van der Waals surface area contributed by atoms with Crippen LogP contribution in [0.25, 0.3) is 49.5 Å². The van der Waals surface area contributed by atoms with E-state index in [0.717, 1.165) is 42.4 Å². The average Bonchev–Trinajstić information content (AvgIpc) is 3.39. The van der Waals surface area contributed by atoms with Gasteiger partial charge in [0.2, 0.25) is 0 Å². The van der Waals surface area contributed by atoms with Crippen molar-refractivity contribution in [3.05, 3.63) is 150 Å². The zero-order chi connectivity index (χ0) is 27.2. The first-order valence-corrected chi connectivity index (χ1v) is 14.4. The van der Waals surface area contributed by atoms with Gasteiger partial charge in [-0.05, 0) is 83.9 Å². The highest BCUT2D eigenvalue weighted by Gasteiger charge is 2.17. The van der Waals surface area contributed by atoms with E-state index < -0.39 is 0 Å². The number of aromatic nitrogens is 3. The average molecular weight is 528 g/mol. The Kier molecular flexibility index (Phi) is 5.74. The van der Waals surface area contributed by atoms with Crippen LogP contribution in [0.2, 0.25) is 0 Å². The lowest BCUT2D eigenvalue weighted by molar-refractivity contribution is 0.905. The van der Waals surface area contributed by atoms with E-state index in [2.05, 4.69) is 119 Å². The van der Waals surface area contributed by atoms with Gasteiger partial charge >= 0.3 is 0 Å². The summed E-state index contributed by atoms with van der Waals surface area (Å²) in [6.07, 6.45) is 15.2. The van der Waals surface area contributed by atoms with Gasteiger partial charge in [-0.1, -0.05) is 91.0 Å². The molecule has 3 nitrogen and oxygen atoms in total. The van der Waals surface area contributed by atoms with Crippen molar-refractivity contribution in [2.24, 2.45) is 0 Å². The van der Waals surface area contributed by atoms with Gasteiger partial charge in [0.05, 0.1) is 16.6 Å². The number of benzene rings is 4. The summed E-state index contributed by atoms with van der Waals surface area (Å²) in [5, 5.41) is 3.67. The highest BCUT2D eigenvalue weighted by molar-refractivity contribution is 6.09. The number of rotatable bonds is 4. The van der Waals surface area contributed by atoms with E-state index in [0.29, 0.717) is 0 Å². The van der Waals surface area contributed by atoms with E-state index in [-0.39, 0.29) is 0 Å². The highest BCUT2D eigenvalue weighted by Crippen LogP contribution is 2.36. The summed E-state index contributed by atoms with van der Waals surface area (Å²) in [7, 11) is 0. The predicted molar refractivity (Wildman–Crippen MR) is 171 cm³/mol. The number of hydrogen-bond donors (Lipinski definition) is 0. The van der Waals surface area contributed by atoms with E-state index in [1.54, 1.807) is 0 Å². The Morgan fingerprint density at radius 1 is 0.512 bits per heavy atom. The Morgan fingerprint density at radius 3 is 1.73 bits per heavy atom. The second-order valence-electron chi connectivity index (χ2n) is 10.9. The molecular weight excluding hydrogens is 498 g/mol. The molecule has 4 aromatic carbocycles. The Balaban J connectivity index is 1.04. The summed E-state index contributed by atoms with van der Waals surface area (Å²) in [6.45, 7) is 0. The number of fused-ring (bicyclic) bond motifs is 4. The van der Waals surface area contributed by atoms with Crippen molar-refractivity contribution in [2.45, 2.75) is 25.7 Å². The highest BCUT2D eigenvalue weighted by atomic mass is 15.0. The fraction of sp³-hybridized carbons (Fsp3) is 0.105. The first kappa shape index (κ1) is 23.8. The molecule has 0 amide bonds. The quantitative estimate of drug-likeness (QED) is 0.228. The van der Waals surface area contributed by atoms with Crippen LogP contribution in [-0.2, 0) is 0 Å². The molecule has 0 aliphatic heterocycles. The van der Waals surface area contributed by atoms with E-state index in [9.17, 15) is 0 Å². The maximum absolute atomic E-state index is 4.80. The van der Waals surface area contributed by atoms with Crippen molar-refractivity contribution < 1.29 is 0 Å². The Morgan fingerprint density at radius 2 is 1.07 bits per heavy atom. The number of nitrogens with zero attached hydrogens (tertiary/aromatic N) is 3. The largest absolute Gasteiger partial charge is 0.309 e. The molecule has 2 aliphatic rings. The SMILES string of the molecule is C1=C(C2=CC=C(c3ncc4ccccc4n3)CC2)CCC(c2ccc(-n3c4ccccc4c4ccccc43)cc2)=C1. The van der Waals surface area contributed by atoms with Crippen LogP contribution >= 0.6 is 0 Å². The molecule has 0 fully saturated rings. The zero-order valence-corrected chi connectivity index (χ0v) is 22.8. The molecule has 0 spiro atoms. The molecular formula is C38H29N3. The van der Waals surface area contributed by atoms with Crippen molar-refractivity contribution in [1.29, 1.82) is 0 Å². The van der Waals surface area contributed by atoms with Crippen LogP contribution in [0.4, 0.5) is 0 Å². The summed E-state index contributed by atoms with van der Waals surface area (Å²) in [6, 6.07) is 34.6. The third-order valence-corrected chi connectivity index (χ3v) is 8.56. The number of hydrogen-bond acceptors (Lipinski definition) is 2. The third-order valence-electron chi connectivity index (χ3n) is 8.56. The summed E-state index contributed by atoms with van der Waals surface area (Å²) in [4.78, 5) is 9.43. The van der Waals surface area contributed by atoms with Gasteiger partial charge in [0, 0.05) is 28.0 Å². The van der Waals surface area contributed by atoms with Crippen LogP contribution in [0, 0.1) is 0 Å². The van der Waals surface area contributed by atoms with Gasteiger partial charge in [0.15, 0.2) is 5.82 Å². The molecule has 41 heavy (non-hydrogen) atoms. The van der Waals surface area contributed by atoms with Crippen molar-refractivity contribution in [3.8, 4) is 5.69 Å². The molecule has 2 aliphatic carbocycles. The van der Waals surface area contributed by atoms with E-state index in [4.69, 9.17) is 4.98 Å². The molecule has 3 heteroatoms. The van der Waals surface area contributed by atoms with Gasteiger partial charge < -0.3 is 4.57 Å². The number of para-hydroxylation sites is 3. The molecule has 0 atom stereocenters. The molecule has 196 valence electrons. The molecule has 2 heterocycles. The lowest BCUT2D eigenvalue weighted by Gasteiger charge is -2.20. The second kappa shape index (κ2) is 9.87. The molecule has 0 saturated carbocycles. The van der Waals surface area contributed by atoms with Crippen molar-refractivity contribution in [1.82, 2.24) is 14.5 Å². The minimum atomic E-state index is 0.850. The molecule has 6 aromatic rings. The van der Waals surface area contributed by atoms with E-state index in [1.165, 1.54) is 55.3 Å². The topological polar surface area (TPSA) is 30.7 Å². The Hall–Kier alpha value is -5.02. The van der Waals surface area contributed by atoms with Gasteiger partial charge in [-0.15, -0.1) is 0 Å². The van der Waals surface area contributed by atoms with Gasteiger partial charge in [-0.3, -0.25) is 0 Å². The fourth-order valence-electron chi connectivity index (χ4n) is 6.39. The lowest BCUT2D eigenvalue weighted by atomic mass is 9.85. The summed E-state index contributed by atoms with van der Waals surface area (Å²) < 4.78 is 2.38. The van der Waals surface area contributed by atoms with Gasteiger partial charge in [0.25, 0.3) is 0 Å². The van der Waals surface area contributed by atoms with E-state index in [1.807, 2.05) is 18.3 Å². The molecule has 2 aromatic heterocycles. The normalized spacial score (nSPS) is 15.5. The summed E-state index contributed by atoms with van der Waals surface area (Å²) in [5.74, 6) is 0.850. The molecule has 0 N–H and O–H groups in total. The van der Waals surface area contributed by atoms with Gasteiger partial charge in [-0.2, -0.15) is 0 Å². The minimum absolute atomic E-state index is 0.850. The Labute approximate surface area is 239 Å². The Bertz CT molecular complexity index is 2030. The van der Waals surface area contributed by atoms with Crippen LogP contribution in [-0.4, -0.2) is 14.5 Å². The molecule has 0 unspecified atom stereocenters. The molecule has 0 saturated heterocycles. The fourth-order valence-corrected chi connectivity index (χ4v) is 6.39. The molecule has 0 bridgehead atoms. The zero-order valence-electron chi connectivity index (χ0n) is 22.8. The van der Waals surface area contributed by atoms with Gasteiger partial charge in [-0.25, -0.2) is 9.97 Å². The molecule has 0 radical (unpaired) electrons. The van der Waals surface area contributed by atoms with Crippen LogP contribution in [0.1, 0.15) is 37.1 Å². The van der Waals surface area contributed by atoms with Crippen molar-refractivity contribution in [3.63, 3.8) is 0 Å². The third kappa shape index (κ3) is 4.22. The standard InChI is InChI=1S/C38H29N3/c1-4-10-35-31(7-1)25-39-38(40-35)30-19-17-28(18-20-30)26-13-15-27(16-14-26)29-21-23-32(24-22-29)41-36-11-5-2-8-33(36)34-9-3-6-12-37(34)41/h1-13,15,17,19,21-25H,14,16,18,20H2. The summed E-state index contributed by atoms with van der Waals surface area (Å²) >= 11 is 0. The monoisotopic (exact) mass is 527 g/mol. The predicted octanol–water partition coefficient (Wildman–Crippen LogP) is 9.63. The van der Waals surface area contributed by atoms with E-state index >= 15 is 0 Å². The summed E-state index contributed by atoms with van der Waals surface area (Å²) in [5.41, 5.74) is 11.5. The smallest absolute Gasteiger partial charge is 0.155 e. The second-order valence-corrected chi connectivity index (χ2v) is 10.9. The first-order chi connectivity index (χ1) is 20.3. The van der Waals surface area contributed by atoms with Crippen LogP contribution in [0.5, 0.6) is 0 Å². The van der Waals surface area contributed by atoms with Gasteiger partial charge in [0.1, 0.15) is 0 Å². The minimum Gasteiger partial charge on any atom is -0.309 e. The van der Waals surface area contributed by atoms with Crippen molar-refractivity contribution in [2.75, 3.05) is 0 Å².